The predicted octanol–water partition coefficient (Wildman–Crippen LogP) is 5.43. The molecule has 0 saturated heterocycles. The zero-order valence-corrected chi connectivity index (χ0v) is 16.5. The molecule has 0 unspecified atom stereocenters. The van der Waals surface area contributed by atoms with Crippen LogP contribution in [0, 0.1) is 0 Å². The molecule has 0 saturated carbocycles. The summed E-state index contributed by atoms with van der Waals surface area (Å²) in [6, 6.07) is 16.6. The van der Waals surface area contributed by atoms with Gasteiger partial charge in [-0.1, -0.05) is 45.0 Å². The second-order valence-corrected chi connectivity index (χ2v) is 7.56. The van der Waals surface area contributed by atoms with E-state index >= 15 is 0 Å². The van der Waals surface area contributed by atoms with Crippen molar-refractivity contribution in [2.24, 2.45) is 0 Å². The summed E-state index contributed by atoms with van der Waals surface area (Å²) in [5, 5.41) is 7.15. The summed E-state index contributed by atoms with van der Waals surface area (Å²) < 4.78 is 5.45. The van der Waals surface area contributed by atoms with Crippen molar-refractivity contribution in [3.05, 3.63) is 59.7 Å². The first-order valence-corrected chi connectivity index (χ1v) is 9.11. The maximum absolute atomic E-state index is 5.45. The Bertz CT molecular complexity index is 687. The lowest BCUT2D eigenvalue weighted by Gasteiger charge is -2.21. The zero-order chi connectivity index (χ0) is 18.4. The monoisotopic (exact) mass is 356 g/mol. The van der Waals surface area contributed by atoms with Crippen LogP contribution in [0.25, 0.3) is 0 Å². The van der Waals surface area contributed by atoms with Gasteiger partial charge >= 0.3 is 0 Å². The van der Waals surface area contributed by atoms with E-state index in [9.17, 15) is 0 Å². The molecule has 0 fully saturated rings. The van der Waals surface area contributed by atoms with E-state index in [0.717, 1.165) is 11.4 Å². The van der Waals surface area contributed by atoms with Gasteiger partial charge in [0, 0.05) is 5.69 Å². The first-order chi connectivity index (χ1) is 11.8. The molecule has 0 bridgehead atoms. The molecule has 134 valence electrons. The van der Waals surface area contributed by atoms with Gasteiger partial charge in [0.25, 0.3) is 0 Å². The number of hydrogen-bond acceptors (Lipinski definition) is 2. The van der Waals surface area contributed by atoms with E-state index in [1.807, 2.05) is 31.2 Å². The molecule has 25 heavy (non-hydrogen) atoms. The molecule has 3 nitrogen and oxygen atoms in total. The average Bonchev–Trinajstić information content (AvgIpc) is 2.56. The van der Waals surface area contributed by atoms with Crippen LogP contribution in [0.2, 0.25) is 0 Å². The first-order valence-electron chi connectivity index (χ1n) is 8.70. The van der Waals surface area contributed by atoms with Gasteiger partial charge in [0.2, 0.25) is 0 Å². The van der Waals surface area contributed by atoms with Crippen molar-refractivity contribution in [3.63, 3.8) is 0 Å². The second kappa shape index (κ2) is 8.34. The molecule has 2 rings (SSSR count). The maximum Gasteiger partial charge on any atom is 0.171 e. The van der Waals surface area contributed by atoms with E-state index < -0.39 is 0 Å². The lowest BCUT2D eigenvalue weighted by atomic mass is 9.86. The minimum absolute atomic E-state index is 0.136. The predicted molar refractivity (Wildman–Crippen MR) is 111 cm³/mol. The van der Waals surface area contributed by atoms with Crippen molar-refractivity contribution < 1.29 is 4.74 Å². The number of ether oxygens (including phenoxy) is 1. The molecule has 0 aliphatic rings. The number of anilines is 1. The molecule has 0 aromatic heterocycles. The molecule has 4 heteroatoms. The van der Waals surface area contributed by atoms with Gasteiger partial charge in [0.15, 0.2) is 5.11 Å². The Morgan fingerprint density at radius 2 is 1.64 bits per heavy atom. The molecule has 2 aromatic rings. The molecular formula is C21H28N2OS. The Hall–Kier alpha value is -2.07. The SMILES string of the molecule is CCOc1ccc(NC(=S)N[C@H](C)c2ccc(C(C)(C)C)cc2)cc1. The van der Waals surface area contributed by atoms with Crippen LogP contribution in [0.3, 0.4) is 0 Å². The van der Waals surface area contributed by atoms with Crippen LogP contribution in [0.4, 0.5) is 5.69 Å². The second-order valence-electron chi connectivity index (χ2n) is 7.15. The Balaban J connectivity index is 1.93. The molecule has 0 amide bonds. The molecule has 1 atom stereocenters. The van der Waals surface area contributed by atoms with Gasteiger partial charge in [0.1, 0.15) is 5.75 Å². The zero-order valence-electron chi connectivity index (χ0n) is 15.7. The highest BCUT2D eigenvalue weighted by molar-refractivity contribution is 7.80. The van der Waals surface area contributed by atoms with Crippen molar-refractivity contribution in [2.45, 2.75) is 46.1 Å². The molecule has 0 aliphatic heterocycles. The molecule has 0 spiro atoms. The van der Waals surface area contributed by atoms with Gasteiger partial charge in [-0.15, -0.1) is 0 Å². The minimum Gasteiger partial charge on any atom is -0.494 e. The van der Waals surface area contributed by atoms with Crippen molar-refractivity contribution in [1.29, 1.82) is 0 Å². The van der Waals surface area contributed by atoms with Crippen LogP contribution in [-0.2, 0) is 5.41 Å². The highest BCUT2D eigenvalue weighted by atomic mass is 32.1. The van der Waals surface area contributed by atoms with Gasteiger partial charge in [-0.05, 0) is 66.9 Å². The van der Waals surface area contributed by atoms with E-state index in [0.29, 0.717) is 11.7 Å². The highest BCUT2D eigenvalue weighted by Gasteiger charge is 2.14. The van der Waals surface area contributed by atoms with Gasteiger partial charge in [-0.3, -0.25) is 0 Å². The Labute approximate surface area is 156 Å². The van der Waals surface area contributed by atoms with Gasteiger partial charge in [0.05, 0.1) is 12.6 Å². The summed E-state index contributed by atoms with van der Waals surface area (Å²) in [5.74, 6) is 0.860. The van der Waals surface area contributed by atoms with Crippen molar-refractivity contribution >= 4 is 23.0 Å². The number of hydrogen-bond donors (Lipinski definition) is 2. The standard InChI is InChI=1S/C21H28N2OS/c1-6-24-19-13-11-18(12-14-19)23-20(25)22-15(2)16-7-9-17(10-8-16)21(3,4)5/h7-15H,6H2,1-5H3,(H2,22,23,25)/t15-/m1/s1. The molecule has 0 radical (unpaired) electrons. The lowest BCUT2D eigenvalue weighted by Crippen LogP contribution is -2.30. The third-order valence-electron chi connectivity index (χ3n) is 4.05. The highest BCUT2D eigenvalue weighted by Crippen LogP contribution is 2.24. The lowest BCUT2D eigenvalue weighted by molar-refractivity contribution is 0.340. The Morgan fingerprint density at radius 1 is 1.04 bits per heavy atom. The van der Waals surface area contributed by atoms with Gasteiger partial charge in [-0.2, -0.15) is 0 Å². The minimum atomic E-state index is 0.136. The summed E-state index contributed by atoms with van der Waals surface area (Å²) in [5.41, 5.74) is 3.65. The summed E-state index contributed by atoms with van der Waals surface area (Å²) >= 11 is 5.43. The quantitative estimate of drug-likeness (QED) is 0.700. The Kier molecular flexibility index (Phi) is 6.43. The largest absolute Gasteiger partial charge is 0.494 e. The third kappa shape index (κ3) is 5.75. The normalized spacial score (nSPS) is 12.4. The summed E-state index contributed by atoms with van der Waals surface area (Å²) in [4.78, 5) is 0. The smallest absolute Gasteiger partial charge is 0.171 e. The Morgan fingerprint density at radius 3 is 2.16 bits per heavy atom. The summed E-state index contributed by atoms with van der Waals surface area (Å²) in [7, 11) is 0. The van der Waals surface area contributed by atoms with E-state index in [-0.39, 0.29) is 11.5 Å². The molecule has 2 N–H and O–H groups in total. The average molecular weight is 357 g/mol. The van der Waals surface area contributed by atoms with Crippen molar-refractivity contribution in [1.82, 2.24) is 5.32 Å². The fraction of sp³-hybridized carbons (Fsp3) is 0.381. The topological polar surface area (TPSA) is 33.3 Å². The van der Waals surface area contributed by atoms with Crippen LogP contribution in [0.1, 0.15) is 51.8 Å². The van der Waals surface area contributed by atoms with Crippen molar-refractivity contribution in [2.75, 3.05) is 11.9 Å². The molecular weight excluding hydrogens is 328 g/mol. The number of thiocarbonyl (C=S) groups is 1. The first kappa shape index (κ1) is 19.3. The van der Waals surface area contributed by atoms with E-state index in [1.54, 1.807) is 0 Å². The number of rotatable bonds is 5. The molecule has 2 aromatic carbocycles. The number of benzene rings is 2. The van der Waals surface area contributed by atoms with Crippen molar-refractivity contribution in [3.8, 4) is 5.75 Å². The van der Waals surface area contributed by atoms with E-state index in [1.165, 1.54) is 11.1 Å². The van der Waals surface area contributed by atoms with Crippen LogP contribution in [-0.4, -0.2) is 11.7 Å². The van der Waals surface area contributed by atoms with E-state index in [2.05, 4.69) is 62.6 Å². The van der Waals surface area contributed by atoms with Crippen LogP contribution >= 0.6 is 12.2 Å². The van der Waals surface area contributed by atoms with Gasteiger partial charge < -0.3 is 15.4 Å². The molecule has 0 heterocycles. The number of nitrogens with one attached hydrogen (secondary N) is 2. The van der Waals surface area contributed by atoms with Crippen LogP contribution < -0.4 is 15.4 Å². The fourth-order valence-electron chi connectivity index (χ4n) is 2.52. The van der Waals surface area contributed by atoms with Crippen LogP contribution in [0.15, 0.2) is 48.5 Å². The summed E-state index contributed by atoms with van der Waals surface area (Å²) in [6.45, 7) is 11.4. The third-order valence-corrected chi connectivity index (χ3v) is 4.27. The maximum atomic E-state index is 5.45. The fourth-order valence-corrected chi connectivity index (χ4v) is 2.81. The summed E-state index contributed by atoms with van der Waals surface area (Å²) in [6.07, 6.45) is 0. The van der Waals surface area contributed by atoms with Gasteiger partial charge in [-0.25, -0.2) is 0 Å². The van der Waals surface area contributed by atoms with E-state index in [4.69, 9.17) is 17.0 Å². The van der Waals surface area contributed by atoms with Crippen LogP contribution in [0.5, 0.6) is 5.75 Å². The molecule has 0 aliphatic carbocycles.